The average Bonchev–Trinajstić information content (AvgIpc) is 3.19. The van der Waals surface area contributed by atoms with Gasteiger partial charge in [-0.3, -0.25) is 4.79 Å². The Bertz CT molecular complexity index is 1130. The number of carbonyl (C=O) groups excluding carboxylic acids is 1. The standard InChI is InChI=1S/C23H25F2N3O4/c1-13-21-16(22(24)25)11-17(26-23(21)32-27-13)15-5-4-8-28(12-15)20(29)10-14-6-7-18(30-2)19(9-14)31-3/h6-7,9,11,15,22H,4-5,8,10,12H2,1-3H3. The molecule has 4 rings (SSSR count). The van der Waals surface area contributed by atoms with Gasteiger partial charge in [-0.2, -0.15) is 0 Å². The van der Waals surface area contributed by atoms with Crippen LogP contribution in [0.1, 0.15) is 47.7 Å². The number of alkyl halides is 2. The van der Waals surface area contributed by atoms with Crippen molar-refractivity contribution in [2.24, 2.45) is 0 Å². The van der Waals surface area contributed by atoms with Gasteiger partial charge in [-0.15, -0.1) is 0 Å². The summed E-state index contributed by atoms with van der Waals surface area (Å²) in [5.74, 6) is 0.979. The second kappa shape index (κ2) is 9.10. The van der Waals surface area contributed by atoms with Crippen LogP contribution in [0.25, 0.3) is 11.1 Å². The van der Waals surface area contributed by atoms with Crippen molar-refractivity contribution in [2.75, 3.05) is 27.3 Å². The number of ether oxygens (including phenoxy) is 2. The largest absolute Gasteiger partial charge is 0.493 e. The third-order valence-corrected chi connectivity index (χ3v) is 5.90. The summed E-state index contributed by atoms with van der Waals surface area (Å²) in [6.45, 7) is 2.66. The third kappa shape index (κ3) is 4.24. The molecule has 0 spiro atoms. The van der Waals surface area contributed by atoms with Gasteiger partial charge in [0.05, 0.1) is 31.7 Å². The van der Waals surface area contributed by atoms with E-state index in [1.54, 1.807) is 38.2 Å². The first-order chi connectivity index (χ1) is 15.4. The Morgan fingerprint density at radius 2 is 2.03 bits per heavy atom. The second-order valence-electron chi connectivity index (χ2n) is 7.93. The molecule has 0 bridgehead atoms. The van der Waals surface area contributed by atoms with Gasteiger partial charge in [0.15, 0.2) is 11.5 Å². The number of methoxy groups -OCH3 is 2. The highest BCUT2D eigenvalue weighted by Gasteiger charge is 2.28. The number of nitrogens with zero attached hydrogens (tertiary/aromatic N) is 3. The van der Waals surface area contributed by atoms with Crippen molar-refractivity contribution in [1.82, 2.24) is 15.0 Å². The zero-order valence-electron chi connectivity index (χ0n) is 18.2. The molecule has 32 heavy (non-hydrogen) atoms. The molecule has 170 valence electrons. The second-order valence-corrected chi connectivity index (χ2v) is 7.93. The van der Waals surface area contributed by atoms with Crippen molar-refractivity contribution in [1.29, 1.82) is 0 Å². The third-order valence-electron chi connectivity index (χ3n) is 5.90. The molecule has 0 radical (unpaired) electrons. The van der Waals surface area contributed by atoms with Gasteiger partial charge in [0, 0.05) is 30.3 Å². The SMILES string of the molecule is COc1ccc(CC(=O)N2CCCC(c3cc(C(F)F)c4c(C)noc4n3)C2)cc1OC. The zero-order valence-corrected chi connectivity index (χ0v) is 18.2. The Kier molecular flexibility index (Phi) is 6.25. The molecule has 3 aromatic rings. The molecule has 7 nitrogen and oxygen atoms in total. The van der Waals surface area contributed by atoms with Crippen LogP contribution in [0.2, 0.25) is 0 Å². The maximum Gasteiger partial charge on any atom is 0.264 e. The van der Waals surface area contributed by atoms with Crippen molar-refractivity contribution < 1.29 is 27.6 Å². The summed E-state index contributed by atoms with van der Waals surface area (Å²) in [4.78, 5) is 19.2. The summed E-state index contributed by atoms with van der Waals surface area (Å²) < 4.78 is 43.1. The molecule has 0 N–H and O–H groups in total. The van der Waals surface area contributed by atoms with Crippen LogP contribution in [-0.4, -0.2) is 48.3 Å². The lowest BCUT2D eigenvalue weighted by molar-refractivity contribution is -0.131. The number of amides is 1. The minimum absolute atomic E-state index is 0.0346. The van der Waals surface area contributed by atoms with E-state index >= 15 is 0 Å². The molecule has 1 amide bonds. The van der Waals surface area contributed by atoms with Crippen molar-refractivity contribution in [2.45, 2.75) is 38.5 Å². The van der Waals surface area contributed by atoms with Crippen molar-refractivity contribution >= 4 is 17.0 Å². The molecule has 0 aliphatic carbocycles. The fourth-order valence-corrected chi connectivity index (χ4v) is 4.25. The van der Waals surface area contributed by atoms with E-state index in [0.717, 1.165) is 18.4 Å². The van der Waals surface area contributed by atoms with Crippen LogP contribution in [0.5, 0.6) is 11.5 Å². The van der Waals surface area contributed by atoms with E-state index in [1.807, 2.05) is 6.07 Å². The number of likely N-dealkylation sites (tertiary alicyclic amines) is 1. The number of rotatable bonds is 6. The van der Waals surface area contributed by atoms with Gasteiger partial charge in [-0.05, 0) is 43.5 Å². The number of piperidine rings is 1. The minimum Gasteiger partial charge on any atom is -0.493 e. The first-order valence-corrected chi connectivity index (χ1v) is 10.4. The van der Waals surface area contributed by atoms with E-state index in [-0.39, 0.29) is 34.9 Å². The normalized spacial score (nSPS) is 16.6. The smallest absolute Gasteiger partial charge is 0.264 e. The van der Waals surface area contributed by atoms with Crippen LogP contribution >= 0.6 is 0 Å². The van der Waals surface area contributed by atoms with E-state index in [4.69, 9.17) is 14.0 Å². The molecule has 2 aromatic heterocycles. The number of hydrogen-bond donors (Lipinski definition) is 0. The molecule has 1 fully saturated rings. The number of aromatic nitrogens is 2. The van der Waals surface area contributed by atoms with Gasteiger partial charge in [-0.25, -0.2) is 13.8 Å². The Labute approximate surface area is 184 Å². The number of benzene rings is 1. The Morgan fingerprint density at radius 3 is 2.75 bits per heavy atom. The summed E-state index contributed by atoms with van der Waals surface area (Å²) >= 11 is 0. The van der Waals surface area contributed by atoms with Gasteiger partial charge < -0.3 is 18.9 Å². The molecule has 1 atom stereocenters. The molecule has 1 aliphatic rings. The molecule has 1 aromatic carbocycles. The topological polar surface area (TPSA) is 77.7 Å². The average molecular weight is 445 g/mol. The van der Waals surface area contributed by atoms with Gasteiger partial charge in [0.1, 0.15) is 0 Å². The fraction of sp³-hybridized carbons (Fsp3) is 0.435. The van der Waals surface area contributed by atoms with Crippen LogP contribution < -0.4 is 9.47 Å². The fourth-order valence-electron chi connectivity index (χ4n) is 4.25. The zero-order chi connectivity index (χ0) is 22.8. The molecular weight excluding hydrogens is 420 g/mol. The molecule has 0 saturated carbocycles. The Hall–Kier alpha value is -3.23. The summed E-state index contributed by atoms with van der Waals surface area (Å²) in [5.41, 5.74) is 1.70. The van der Waals surface area contributed by atoms with Crippen LogP contribution in [0, 0.1) is 6.92 Å². The first kappa shape index (κ1) is 22.0. The van der Waals surface area contributed by atoms with Crippen molar-refractivity contribution in [3.05, 3.63) is 46.8 Å². The highest BCUT2D eigenvalue weighted by atomic mass is 19.3. The highest BCUT2D eigenvalue weighted by Crippen LogP contribution is 2.34. The van der Waals surface area contributed by atoms with Gasteiger partial charge in [0.25, 0.3) is 12.1 Å². The summed E-state index contributed by atoms with van der Waals surface area (Å²) in [6, 6.07) is 6.82. The van der Waals surface area contributed by atoms with E-state index in [1.165, 1.54) is 6.07 Å². The number of fused-ring (bicyclic) bond motifs is 1. The number of carbonyl (C=O) groups is 1. The molecule has 1 unspecified atom stereocenters. The highest BCUT2D eigenvalue weighted by molar-refractivity contribution is 5.81. The minimum atomic E-state index is -2.66. The lowest BCUT2D eigenvalue weighted by Crippen LogP contribution is -2.40. The van der Waals surface area contributed by atoms with Gasteiger partial charge >= 0.3 is 0 Å². The van der Waals surface area contributed by atoms with E-state index in [9.17, 15) is 13.6 Å². The predicted octanol–water partition coefficient (Wildman–Crippen LogP) is 4.43. The quantitative estimate of drug-likeness (QED) is 0.559. The molecule has 3 heterocycles. The summed E-state index contributed by atoms with van der Waals surface area (Å²) in [6.07, 6.45) is -0.928. The maximum absolute atomic E-state index is 13.7. The number of aryl methyl sites for hydroxylation is 1. The van der Waals surface area contributed by atoms with Crippen LogP contribution in [0.4, 0.5) is 8.78 Å². The Balaban J connectivity index is 1.53. The van der Waals surface area contributed by atoms with E-state index < -0.39 is 6.43 Å². The van der Waals surface area contributed by atoms with Crippen molar-refractivity contribution in [3.8, 4) is 11.5 Å². The maximum atomic E-state index is 13.7. The van der Waals surface area contributed by atoms with Crippen molar-refractivity contribution in [3.63, 3.8) is 0 Å². The predicted molar refractivity (Wildman–Crippen MR) is 113 cm³/mol. The van der Waals surface area contributed by atoms with Crippen LogP contribution in [0.3, 0.4) is 0 Å². The van der Waals surface area contributed by atoms with E-state index in [2.05, 4.69) is 10.1 Å². The number of hydrogen-bond acceptors (Lipinski definition) is 6. The van der Waals surface area contributed by atoms with E-state index in [0.29, 0.717) is 36.0 Å². The van der Waals surface area contributed by atoms with Crippen LogP contribution in [-0.2, 0) is 11.2 Å². The lowest BCUT2D eigenvalue weighted by atomic mass is 9.92. The lowest BCUT2D eigenvalue weighted by Gasteiger charge is -2.32. The molecule has 9 heteroatoms. The van der Waals surface area contributed by atoms with Crippen LogP contribution in [0.15, 0.2) is 28.8 Å². The molecular formula is C23H25F2N3O4. The number of halogens is 2. The molecule has 1 aliphatic heterocycles. The number of pyridine rings is 1. The molecule has 1 saturated heterocycles. The first-order valence-electron chi connectivity index (χ1n) is 10.4. The monoisotopic (exact) mass is 445 g/mol. The van der Waals surface area contributed by atoms with Gasteiger partial charge in [-0.1, -0.05) is 11.2 Å². The summed E-state index contributed by atoms with van der Waals surface area (Å²) in [5, 5.41) is 4.05. The summed E-state index contributed by atoms with van der Waals surface area (Å²) in [7, 11) is 3.10. The van der Waals surface area contributed by atoms with Gasteiger partial charge in [0.2, 0.25) is 5.91 Å². The Morgan fingerprint density at radius 1 is 1.25 bits per heavy atom.